The van der Waals surface area contributed by atoms with Gasteiger partial charge < -0.3 is 10.1 Å². The van der Waals surface area contributed by atoms with Crippen LogP contribution >= 0.6 is 11.8 Å². The Labute approximate surface area is 146 Å². The van der Waals surface area contributed by atoms with E-state index < -0.39 is 0 Å². The summed E-state index contributed by atoms with van der Waals surface area (Å²) in [6, 6.07) is 17.0. The first-order valence-corrected chi connectivity index (χ1v) is 9.03. The Hall–Kier alpha value is -2.27. The summed E-state index contributed by atoms with van der Waals surface area (Å²) in [6.45, 7) is 2.09. The van der Waals surface area contributed by atoms with Gasteiger partial charge in [0.05, 0.1) is 12.2 Å². The van der Waals surface area contributed by atoms with Crippen LogP contribution in [0.25, 0.3) is 0 Å². The monoisotopic (exact) mass is 343 g/mol. The molecule has 4 nitrogen and oxygen atoms in total. The molecule has 0 bridgehead atoms. The van der Waals surface area contributed by atoms with Crippen LogP contribution in [-0.2, 0) is 15.3 Å². The average Bonchev–Trinajstić information content (AvgIpc) is 2.60. The highest BCUT2D eigenvalue weighted by Crippen LogP contribution is 2.15. The first-order valence-electron chi connectivity index (χ1n) is 7.87. The Morgan fingerprint density at radius 3 is 2.62 bits per heavy atom. The van der Waals surface area contributed by atoms with Crippen LogP contribution < -0.4 is 5.32 Å². The number of esters is 1. The highest BCUT2D eigenvalue weighted by atomic mass is 32.2. The second-order valence-electron chi connectivity index (χ2n) is 5.14. The van der Waals surface area contributed by atoms with Gasteiger partial charge in [-0.1, -0.05) is 36.4 Å². The van der Waals surface area contributed by atoms with Crippen LogP contribution in [0.4, 0.5) is 5.69 Å². The summed E-state index contributed by atoms with van der Waals surface area (Å²) in [6.07, 6.45) is 0.432. The fourth-order valence-corrected chi connectivity index (χ4v) is 2.99. The van der Waals surface area contributed by atoms with E-state index in [0.29, 0.717) is 24.3 Å². The number of amides is 1. The van der Waals surface area contributed by atoms with Crippen LogP contribution in [0.15, 0.2) is 54.6 Å². The Morgan fingerprint density at radius 2 is 1.88 bits per heavy atom. The van der Waals surface area contributed by atoms with E-state index in [-0.39, 0.29) is 11.9 Å². The van der Waals surface area contributed by atoms with Crippen LogP contribution in [0.1, 0.15) is 29.3 Å². The third kappa shape index (κ3) is 6.08. The first kappa shape index (κ1) is 18.1. The van der Waals surface area contributed by atoms with E-state index >= 15 is 0 Å². The minimum absolute atomic E-state index is 0.0587. The molecule has 1 amide bonds. The van der Waals surface area contributed by atoms with E-state index in [2.05, 4.69) is 17.4 Å². The maximum Gasteiger partial charge on any atom is 0.338 e. The summed E-state index contributed by atoms with van der Waals surface area (Å²) in [5.74, 6) is 1.20. The molecule has 126 valence electrons. The van der Waals surface area contributed by atoms with Crippen molar-refractivity contribution in [3.63, 3.8) is 0 Å². The van der Waals surface area contributed by atoms with Crippen molar-refractivity contribution in [1.29, 1.82) is 0 Å². The molecule has 24 heavy (non-hydrogen) atoms. The molecular formula is C19H21NO3S. The van der Waals surface area contributed by atoms with E-state index in [1.165, 1.54) is 5.56 Å². The topological polar surface area (TPSA) is 55.4 Å². The Balaban J connectivity index is 1.76. The van der Waals surface area contributed by atoms with Crippen molar-refractivity contribution < 1.29 is 14.3 Å². The predicted molar refractivity (Wildman–Crippen MR) is 98.2 cm³/mol. The highest BCUT2D eigenvalue weighted by molar-refractivity contribution is 7.98. The normalized spacial score (nSPS) is 10.2. The number of carbonyl (C=O) groups is 2. The van der Waals surface area contributed by atoms with Gasteiger partial charge in [-0.15, -0.1) is 0 Å². The number of thioether (sulfide) groups is 1. The maximum atomic E-state index is 12.0. The summed E-state index contributed by atoms with van der Waals surface area (Å²) < 4.78 is 4.95. The number of carbonyl (C=O) groups excluding carboxylic acids is 2. The summed E-state index contributed by atoms with van der Waals surface area (Å²) in [7, 11) is 0. The van der Waals surface area contributed by atoms with Gasteiger partial charge in [0.1, 0.15) is 0 Å². The molecule has 0 aliphatic heterocycles. The lowest BCUT2D eigenvalue weighted by Crippen LogP contribution is -2.13. The molecule has 2 aromatic carbocycles. The van der Waals surface area contributed by atoms with Crippen molar-refractivity contribution in [3.05, 3.63) is 65.7 Å². The number of ether oxygens (including phenoxy) is 1. The quantitative estimate of drug-likeness (QED) is 0.578. The second kappa shape index (κ2) is 9.78. The Kier molecular flexibility index (Phi) is 7.36. The van der Waals surface area contributed by atoms with Gasteiger partial charge in [0.25, 0.3) is 0 Å². The molecule has 0 atom stereocenters. The molecule has 1 N–H and O–H groups in total. The van der Waals surface area contributed by atoms with Crippen molar-refractivity contribution in [3.8, 4) is 0 Å². The number of hydrogen-bond acceptors (Lipinski definition) is 4. The van der Waals surface area contributed by atoms with Gasteiger partial charge in [-0.05, 0) is 30.7 Å². The van der Waals surface area contributed by atoms with Crippen molar-refractivity contribution in [2.45, 2.75) is 19.1 Å². The number of anilines is 1. The lowest BCUT2D eigenvalue weighted by atomic mass is 10.2. The molecule has 0 radical (unpaired) electrons. The predicted octanol–water partition coefficient (Wildman–Crippen LogP) is 4.13. The lowest BCUT2D eigenvalue weighted by molar-refractivity contribution is -0.115. The molecular weight excluding hydrogens is 322 g/mol. The Bertz CT molecular complexity index is 673. The number of benzene rings is 2. The lowest BCUT2D eigenvalue weighted by Gasteiger charge is -2.07. The van der Waals surface area contributed by atoms with Crippen LogP contribution in [0, 0.1) is 0 Å². The standard InChI is InChI=1S/C19H21NO3S/c1-2-23-19(22)16-9-6-10-17(13-16)20-18(21)11-12-24-14-15-7-4-3-5-8-15/h3-10,13H,2,11-12,14H2,1H3,(H,20,21). The molecule has 0 saturated heterocycles. The molecule has 0 aliphatic rings. The second-order valence-corrected chi connectivity index (χ2v) is 6.24. The molecule has 0 unspecified atom stereocenters. The molecule has 5 heteroatoms. The van der Waals surface area contributed by atoms with E-state index in [4.69, 9.17) is 4.74 Å². The maximum absolute atomic E-state index is 12.0. The van der Waals surface area contributed by atoms with E-state index in [9.17, 15) is 9.59 Å². The summed E-state index contributed by atoms with van der Waals surface area (Å²) in [4.78, 5) is 23.7. The number of rotatable bonds is 8. The van der Waals surface area contributed by atoms with Crippen LogP contribution in [0.5, 0.6) is 0 Å². The average molecular weight is 343 g/mol. The van der Waals surface area contributed by atoms with Gasteiger partial charge in [0.15, 0.2) is 0 Å². The molecule has 0 fully saturated rings. The molecule has 0 spiro atoms. The number of nitrogens with one attached hydrogen (secondary N) is 1. The summed E-state index contributed by atoms with van der Waals surface area (Å²) in [5.41, 5.74) is 2.30. The van der Waals surface area contributed by atoms with Gasteiger partial charge >= 0.3 is 5.97 Å². The minimum atomic E-state index is -0.382. The van der Waals surface area contributed by atoms with Crippen molar-refractivity contribution >= 4 is 29.3 Å². The summed E-state index contributed by atoms with van der Waals surface area (Å²) >= 11 is 1.72. The third-order valence-electron chi connectivity index (χ3n) is 3.24. The zero-order valence-corrected chi connectivity index (χ0v) is 14.5. The SMILES string of the molecule is CCOC(=O)c1cccc(NC(=O)CCSCc2ccccc2)c1. The summed E-state index contributed by atoms with van der Waals surface area (Å²) in [5, 5.41) is 2.82. The fraction of sp³-hybridized carbons (Fsp3) is 0.263. The van der Waals surface area contributed by atoms with E-state index in [0.717, 1.165) is 11.5 Å². The molecule has 0 aromatic heterocycles. The largest absolute Gasteiger partial charge is 0.462 e. The molecule has 0 aliphatic carbocycles. The van der Waals surface area contributed by atoms with Gasteiger partial charge in [0.2, 0.25) is 5.91 Å². The van der Waals surface area contributed by atoms with Crippen molar-refractivity contribution in [2.75, 3.05) is 17.7 Å². The molecule has 2 rings (SSSR count). The van der Waals surface area contributed by atoms with Crippen molar-refractivity contribution in [1.82, 2.24) is 0 Å². The van der Waals surface area contributed by atoms with E-state index in [1.54, 1.807) is 43.0 Å². The first-order chi connectivity index (χ1) is 11.7. The minimum Gasteiger partial charge on any atom is -0.462 e. The van der Waals surface area contributed by atoms with Crippen LogP contribution in [0.3, 0.4) is 0 Å². The molecule has 2 aromatic rings. The zero-order chi connectivity index (χ0) is 17.2. The fourth-order valence-electron chi connectivity index (χ4n) is 2.09. The zero-order valence-electron chi connectivity index (χ0n) is 13.7. The third-order valence-corrected chi connectivity index (χ3v) is 4.27. The highest BCUT2D eigenvalue weighted by Gasteiger charge is 2.08. The molecule has 0 heterocycles. The smallest absolute Gasteiger partial charge is 0.338 e. The van der Waals surface area contributed by atoms with Gasteiger partial charge in [-0.3, -0.25) is 4.79 Å². The van der Waals surface area contributed by atoms with Gasteiger partial charge in [-0.2, -0.15) is 11.8 Å². The van der Waals surface area contributed by atoms with Gasteiger partial charge in [0, 0.05) is 23.6 Å². The van der Waals surface area contributed by atoms with Gasteiger partial charge in [-0.25, -0.2) is 4.79 Å². The van der Waals surface area contributed by atoms with Crippen molar-refractivity contribution in [2.24, 2.45) is 0 Å². The number of hydrogen-bond donors (Lipinski definition) is 1. The molecule has 0 saturated carbocycles. The Morgan fingerprint density at radius 1 is 1.08 bits per heavy atom. The van der Waals surface area contributed by atoms with Crippen LogP contribution in [0.2, 0.25) is 0 Å². The van der Waals surface area contributed by atoms with E-state index in [1.807, 2.05) is 18.2 Å². The van der Waals surface area contributed by atoms with Crippen LogP contribution in [-0.4, -0.2) is 24.2 Å².